The maximum Gasteiger partial charge on any atom is 0.345 e. The fourth-order valence-corrected chi connectivity index (χ4v) is 2.33. The minimum Gasteiger partial charge on any atom is -0.496 e. The normalized spacial score (nSPS) is 10.6. The molecule has 0 fully saturated rings. The SMILES string of the molecule is COc1c(C)c(C)cc(C)c1-c1cc(C)[nH]c(=O)n1. The third kappa shape index (κ3) is 2.38. The van der Waals surface area contributed by atoms with Crippen LogP contribution in [0.1, 0.15) is 22.4 Å². The average Bonchev–Trinajstić information content (AvgIpc) is 2.31. The maximum atomic E-state index is 11.5. The zero-order valence-corrected chi connectivity index (χ0v) is 11.9. The molecule has 0 aliphatic heterocycles. The molecule has 0 saturated heterocycles. The predicted octanol–water partition coefficient (Wildman–Crippen LogP) is 2.68. The van der Waals surface area contributed by atoms with Crippen molar-refractivity contribution in [3.05, 3.63) is 45.0 Å². The average molecular weight is 258 g/mol. The van der Waals surface area contributed by atoms with Crippen molar-refractivity contribution in [1.82, 2.24) is 9.97 Å². The first-order valence-electron chi connectivity index (χ1n) is 6.17. The fourth-order valence-electron chi connectivity index (χ4n) is 2.33. The molecule has 100 valence electrons. The van der Waals surface area contributed by atoms with Crippen LogP contribution in [0.15, 0.2) is 16.9 Å². The lowest BCUT2D eigenvalue weighted by atomic mass is 9.96. The fraction of sp³-hybridized carbons (Fsp3) is 0.333. The van der Waals surface area contributed by atoms with Crippen molar-refractivity contribution >= 4 is 0 Å². The van der Waals surface area contributed by atoms with E-state index in [-0.39, 0.29) is 5.69 Å². The van der Waals surface area contributed by atoms with Crippen LogP contribution in [0.3, 0.4) is 0 Å². The molecule has 1 aromatic heterocycles. The zero-order valence-electron chi connectivity index (χ0n) is 11.9. The van der Waals surface area contributed by atoms with Crippen molar-refractivity contribution in [2.24, 2.45) is 0 Å². The molecule has 0 aliphatic carbocycles. The van der Waals surface area contributed by atoms with Gasteiger partial charge in [0, 0.05) is 11.3 Å². The Labute approximate surface area is 112 Å². The molecule has 0 saturated carbocycles. The Kier molecular flexibility index (Phi) is 3.42. The van der Waals surface area contributed by atoms with E-state index in [9.17, 15) is 4.79 Å². The molecule has 0 radical (unpaired) electrons. The third-order valence-electron chi connectivity index (χ3n) is 3.33. The van der Waals surface area contributed by atoms with Gasteiger partial charge in [0.1, 0.15) is 5.75 Å². The first-order valence-corrected chi connectivity index (χ1v) is 6.17. The van der Waals surface area contributed by atoms with E-state index in [2.05, 4.69) is 16.0 Å². The van der Waals surface area contributed by atoms with Crippen molar-refractivity contribution in [2.75, 3.05) is 7.11 Å². The van der Waals surface area contributed by atoms with E-state index in [0.717, 1.165) is 28.1 Å². The summed E-state index contributed by atoms with van der Waals surface area (Å²) in [6.07, 6.45) is 0. The number of nitrogens with one attached hydrogen (secondary N) is 1. The summed E-state index contributed by atoms with van der Waals surface area (Å²) in [6.45, 7) is 7.90. The van der Waals surface area contributed by atoms with Gasteiger partial charge in [-0.2, -0.15) is 4.98 Å². The van der Waals surface area contributed by atoms with Crippen LogP contribution < -0.4 is 10.4 Å². The molecule has 2 rings (SSSR count). The molecule has 19 heavy (non-hydrogen) atoms. The van der Waals surface area contributed by atoms with Crippen LogP contribution in [0.2, 0.25) is 0 Å². The minimum atomic E-state index is -0.338. The number of rotatable bonds is 2. The molecule has 1 aromatic carbocycles. The van der Waals surface area contributed by atoms with Crippen molar-refractivity contribution in [1.29, 1.82) is 0 Å². The second-order valence-corrected chi connectivity index (χ2v) is 4.80. The Balaban J connectivity index is 2.81. The van der Waals surface area contributed by atoms with Crippen molar-refractivity contribution < 1.29 is 4.74 Å². The number of aryl methyl sites for hydroxylation is 3. The van der Waals surface area contributed by atoms with Crippen molar-refractivity contribution in [2.45, 2.75) is 27.7 Å². The van der Waals surface area contributed by atoms with Crippen LogP contribution in [-0.4, -0.2) is 17.1 Å². The Bertz CT molecular complexity index is 687. The Morgan fingerprint density at radius 3 is 2.37 bits per heavy atom. The van der Waals surface area contributed by atoms with E-state index in [1.807, 2.05) is 33.8 Å². The van der Waals surface area contributed by atoms with Gasteiger partial charge in [-0.15, -0.1) is 0 Å². The summed E-state index contributed by atoms with van der Waals surface area (Å²) in [7, 11) is 1.64. The number of hydrogen-bond acceptors (Lipinski definition) is 3. The number of benzene rings is 1. The van der Waals surface area contributed by atoms with Crippen LogP contribution in [-0.2, 0) is 0 Å². The molecule has 0 amide bonds. The van der Waals surface area contributed by atoms with Crippen LogP contribution >= 0.6 is 0 Å². The van der Waals surface area contributed by atoms with Crippen LogP contribution in [0.5, 0.6) is 5.75 Å². The van der Waals surface area contributed by atoms with Crippen molar-refractivity contribution in [3.8, 4) is 17.0 Å². The molecule has 0 bridgehead atoms. The van der Waals surface area contributed by atoms with Gasteiger partial charge < -0.3 is 9.72 Å². The summed E-state index contributed by atoms with van der Waals surface area (Å²) >= 11 is 0. The lowest BCUT2D eigenvalue weighted by molar-refractivity contribution is 0.412. The first-order chi connectivity index (χ1) is 8.93. The van der Waals surface area contributed by atoms with Gasteiger partial charge in [0.05, 0.1) is 12.8 Å². The maximum absolute atomic E-state index is 11.5. The van der Waals surface area contributed by atoms with Crippen LogP contribution in [0.25, 0.3) is 11.3 Å². The standard InChI is InChI=1S/C15H18N2O2/c1-8-6-9(2)13(14(19-5)11(8)4)12-7-10(3)16-15(18)17-12/h6-7H,1-5H3,(H,16,17,18). The summed E-state index contributed by atoms with van der Waals surface area (Å²) in [4.78, 5) is 18.2. The lowest BCUT2D eigenvalue weighted by Gasteiger charge is -2.16. The van der Waals surface area contributed by atoms with E-state index in [4.69, 9.17) is 4.74 Å². The van der Waals surface area contributed by atoms with Gasteiger partial charge in [0.25, 0.3) is 0 Å². The van der Waals surface area contributed by atoms with Gasteiger partial charge in [-0.1, -0.05) is 6.07 Å². The molecule has 0 spiro atoms. The summed E-state index contributed by atoms with van der Waals surface area (Å²) in [5, 5.41) is 0. The highest BCUT2D eigenvalue weighted by atomic mass is 16.5. The first kappa shape index (κ1) is 13.3. The largest absolute Gasteiger partial charge is 0.496 e. The molecule has 1 N–H and O–H groups in total. The number of hydrogen-bond donors (Lipinski definition) is 1. The number of ether oxygens (including phenoxy) is 1. The second kappa shape index (κ2) is 4.88. The van der Waals surface area contributed by atoms with Gasteiger partial charge in [0.15, 0.2) is 0 Å². The van der Waals surface area contributed by atoms with E-state index >= 15 is 0 Å². The Morgan fingerprint density at radius 1 is 1.11 bits per heavy atom. The van der Waals surface area contributed by atoms with Gasteiger partial charge in [0.2, 0.25) is 0 Å². The molecule has 0 atom stereocenters. The Hall–Kier alpha value is -2.10. The van der Waals surface area contributed by atoms with E-state index in [1.165, 1.54) is 5.56 Å². The monoisotopic (exact) mass is 258 g/mol. The second-order valence-electron chi connectivity index (χ2n) is 4.80. The molecule has 1 heterocycles. The minimum absolute atomic E-state index is 0.338. The molecule has 4 nitrogen and oxygen atoms in total. The quantitative estimate of drug-likeness (QED) is 0.901. The van der Waals surface area contributed by atoms with Gasteiger partial charge >= 0.3 is 5.69 Å². The summed E-state index contributed by atoms with van der Waals surface area (Å²) in [5.74, 6) is 0.787. The van der Waals surface area contributed by atoms with E-state index < -0.39 is 0 Å². The summed E-state index contributed by atoms with van der Waals surface area (Å²) < 4.78 is 5.52. The molecule has 0 unspecified atom stereocenters. The number of nitrogens with zero attached hydrogens (tertiary/aromatic N) is 1. The number of methoxy groups -OCH3 is 1. The highest BCUT2D eigenvalue weighted by Gasteiger charge is 2.15. The van der Waals surface area contributed by atoms with Crippen LogP contribution in [0.4, 0.5) is 0 Å². The van der Waals surface area contributed by atoms with Gasteiger partial charge in [-0.25, -0.2) is 4.79 Å². The topological polar surface area (TPSA) is 55.0 Å². The molecule has 0 aliphatic rings. The van der Waals surface area contributed by atoms with Gasteiger partial charge in [-0.05, 0) is 50.5 Å². The molecular formula is C15H18N2O2. The summed E-state index contributed by atoms with van der Waals surface area (Å²) in [6, 6.07) is 3.95. The van der Waals surface area contributed by atoms with E-state index in [0.29, 0.717) is 5.69 Å². The highest BCUT2D eigenvalue weighted by molar-refractivity contribution is 5.74. The molecule has 2 aromatic rings. The van der Waals surface area contributed by atoms with Crippen molar-refractivity contribution in [3.63, 3.8) is 0 Å². The van der Waals surface area contributed by atoms with Crippen LogP contribution in [0, 0.1) is 27.7 Å². The Morgan fingerprint density at radius 2 is 1.79 bits per heavy atom. The number of H-pyrrole nitrogens is 1. The number of aromatic amines is 1. The molecule has 4 heteroatoms. The number of aromatic nitrogens is 2. The predicted molar refractivity (Wildman–Crippen MR) is 75.8 cm³/mol. The highest BCUT2D eigenvalue weighted by Crippen LogP contribution is 2.36. The van der Waals surface area contributed by atoms with Gasteiger partial charge in [-0.3, -0.25) is 0 Å². The molecular weight excluding hydrogens is 240 g/mol. The smallest absolute Gasteiger partial charge is 0.345 e. The third-order valence-corrected chi connectivity index (χ3v) is 3.33. The zero-order chi connectivity index (χ0) is 14.2. The van der Waals surface area contributed by atoms with E-state index in [1.54, 1.807) is 7.11 Å². The lowest BCUT2D eigenvalue weighted by Crippen LogP contribution is -2.12. The summed E-state index contributed by atoms with van der Waals surface area (Å²) in [5.41, 5.74) is 5.28.